The van der Waals surface area contributed by atoms with Gasteiger partial charge in [-0.05, 0) is 48.2 Å². The Hall–Kier alpha value is -3.15. The number of nitrogens with one attached hydrogen (secondary N) is 1. The van der Waals surface area contributed by atoms with Gasteiger partial charge in [0.1, 0.15) is 0 Å². The van der Waals surface area contributed by atoms with Gasteiger partial charge in [-0.25, -0.2) is 0 Å². The highest BCUT2D eigenvalue weighted by Gasteiger charge is 2.35. The van der Waals surface area contributed by atoms with Gasteiger partial charge in [0, 0.05) is 44.4 Å². The van der Waals surface area contributed by atoms with Crippen LogP contribution in [0.25, 0.3) is 0 Å². The van der Waals surface area contributed by atoms with Crippen LogP contribution in [0.5, 0.6) is 0 Å². The normalized spacial score (nSPS) is 18.1. The second-order valence-corrected chi connectivity index (χ2v) is 7.78. The molecular weight excluding hydrogens is 366 g/mol. The zero-order valence-corrected chi connectivity index (χ0v) is 16.8. The summed E-state index contributed by atoms with van der Waals surface area (Å²) in [6.07, 6.45) is 1.00. The molecule has 2 aliphatic heterocycles. The molecule has 0 spiro atoms. The van der Waals surface area contributed by atoms with Crippen molar-refractivity contribution < 1.29 is 14.4 Å². The minimum absolute atomic E-state index is 0.0270. The van der Waals surface area contributed by atoms with Gasteiger partial charge in [0.2, 0.25) is 17.7 Å². The maximum absolute atomic E-state index is 12.6. The van der Waals surface area contributed by atoms with Gasteiger partial charge in [0.15, 0.2) is 0 Å². The minimum Gasteiger partial charge on any atom is -0.352 e. The molecule has 29 heavy (non-hydrogen) atoms. The number of rotatable bonds is 4. The van der Waals surface area contributed by atoms with Crippen LogP contribution in [0, 0.1) is 12.8 Å². The Labute approximate surface area is 170 Å². The molecule has 0 unspecified atom stereocenters. The molecule has 1 saturated heterocycles. The average molecular weight is 391 g/mol. The van der Waals surface area contributed by atoms with E-state index in [1.54, 1.807) is 16.7 Å². The highest BCUT2D eigenvalue weighted by atomic mass is 16.2. The standard InChI is InChI=1S/C23H25N3O3/c1-15-5-3-4-6-18(15)13-24-23(29)19-12-22(28)26(14-19)20-7-8-21-17(11-20)9-10-25(21)16(2)27/h3-8,11,19H,9-10,12-14H2,1-2H3,(H,24,29)/t19-/m1/s1. The number of aryl methyl sites for hydroxylation is 1. The molecule has 2 aliphatic rings. The summed E-state index contributed by atoms with van der Waals surface area (Å²) in [4.78, 5) is 40.4. The van der Waals surface area contributed by atoms with Crippen molar-refractivity contribution in [3.05, 3.63) is 59.2 Å². The van der Waals surface area contributed by atoms with Crippen LogP contribution in [0.4, 0.5) is 11.4 Å². The van der Waals surface area contributed by atoms with Crippen LogP contribution in [-0.2, 0) is 27.3 Å². The largest absolute Gasteiger partial charge is 0.352 e. The van der Waals surface area contributed by atoms with Crippen LogP contribution in [0.2, 0.25) is 0 Å². The monoisotopic (exact) mass is 391 g/mol. The Morgan fingerprint density at radius 3 is 2.72 bits per heavy atom. The number of benzene rings is 2. The number of nitrogens with zero attached hydrogens (tertiary/aromatic N) is 2. The van der Waals surface area contributed by atoms with Crippen LogP contribution >= 0.6 is 0 Å². The Morgan fingerprint density at radius 1 is 1.17 bits per heavy atom. The Kier molecular flexibility index (Phi) is 5.09. The first-order valence-electron chi connectivity index (χ1n) is 9.97. The van der Waals surface area contributed by atoms with E-state index in [1.165, 1.54) is 0 Å². The summed E-state index contributed by atoms with van der Waals surface area (Å²) in [5, 5.41) is 2.97. The summed E-state index contributed by atoms with van der Waals surface area (Å²) in [6.45, 7) is 5.10. The molecule has 2 heterocycles. The fraction of sp³-hybridized carbons (Fsp3) is 0.348. The third-order valence-corrected chi connectivity index (χ3v) is 5.86. The van der Waals surface area contributed by atoms with Crippen LogP contribution in [-0.4, -0.2) is 30.8 Å². The van der Waals surface area contributed by atoms with E-state index >= 15 is 0 Å². The first kappa shape index (κ1) is 19.2. The molecular formula is C23H25N3O3. The molecule has 6 nitrogen and oxygen atoms in total. The van der Waals surface area contributed by atoms with Gasteiger partial charge >= 0.3 is 0 Å². The summed E-state index contributed by atoms with van der Waals surface area (Å²) in [7, 11) is 0. The molecule has 150 valence electrons. The van der Waals surface area contributed by atoms with Gasteiger partial charge in [-0.2, -0.15) is 0 Å². The molecule has 0 saturated carbocycles. The molecule has 1 N–H and O–H groups in total. The molecule has 0 aromatic heterocycles. The van der Waals surface area contributed by atoms with Gasteiger partial charge in [-0.1, -0.05) is 24.3 Å². The van der Waals surface area contributed by atoms with Crippen molar-refractivity contribution in [1.82, 2.24) is 5.32 Å². The number of fused-ring (bicyclic) bond motifs is 1. The molecule has 1 fully saturated rings. The summed E-state index contributed by atoms with van der Waals surface area (Å²) >= 11 is 0. The van der Waals surface area contributed by atoms with E-state index in [4.69, 9.17) is 0 Å². The summed E-state index contributed by atoms with van der Waals surface area (Å²) in [5.41, 5.74) is 5.00. The molecule has 4 rings (SSSR count). The predicted octanol–water partition coefficient (Wildman–Crippen LogP) is 2.57. The first-order chi connectivity index (χ1) is 13.9. The van der Waals surface area contributed by atoms with Crippen LogP contribution in [0.3, 0.4) is 0 Å². The highest BCUT2D eigenvalue weighted by Crippen LogP contribution is 2.34. The topological polar surface area (TPSA) is 69.7 Å². The lowest BCUT2D eigenvalue weighted by molar-refractivity contribution is -0.126. The van der Waals surface area contributed by atoms with Gasteiger partial charge in [-0.15, -0.1) is 0 Å². The number of carbonyl (C=O) groups excluding carboxylic acids is 3. The number of anilines is 2. The van der Waals surface area contributed by atoms with Crippen molar-refractivity contribution in [2.45, 2.75) is 33.2 Å². The van der Waals surface area contributed by atoms with E-state index in [2.05, 4.69) is 5.32 Å². The van der Waals surface area contributed by atoms with E-state index < -0.39 is 0 Å². The Balaban J connectivity index is 1.42. The number of hydrogen-bond acceptors (Lipinski definition) is 3. The molecule has 0 aliphatic carbocycles. The van der Waals surface area contributed by atoms with E-state index in [1.807, 2.05) is 49.4 Å². The van der Waals surface area contributed by atoms with Gasteiger partial charge < -0.3 is 15.1 Å². The molecule has 1 atom stereocenters. The van der Waals surface area contributed by atoms with Gasteiger partial charge in [0.05, 0.1) is 5.92 Å². The molecule has 0 bridgehead atoms. The molecule has 2 aromatic carbocycles. The summed E-state index contributed by atoms with van der Waals surface area (Å²) in [6, 6.07) is 13.7. The maximum Gasteiger partial charge on any atom is 0.227 e. The fourth-order valence-corrected chi connectivity index (χ4v) is 4.15. The summed E-state index contributed by atoms with van der Waals surface area (Å²) < 4.78 is 0. The maximum atomic E-state index is 12.6. The Bertz CT molecular complexity index is 985. The summed E-state index contributed by atoms with van der Waals surface area (Å²) in [5.74, 6) is -0.456. The quantitative estimate of drug-likeness (QED) is 0.871. The minimum atomic E-state index is -0.353. The smallest absolute Gasteiger partial charge is 0.227 e. The number of amides is 3. The van der Waals surface area contributed by atoms with Crippen molar-refractivity contribution in [1.29, 1.82) is 0 Å². The average Bonchev–Trinajstić information content (AvgIpc) is 3.30. The first-order valence-corrected chi connectivity index (χ1v) is 9.97. The molecule has 2 aromatic rings. The Morgan fingerprint density at radius 2 is 1.97 bits per heavy atom. The van der Waals surface area contributed by atoms with Crippen molar-refractivity contribution in [3.8, 4) is 0 Å². The van der Waals surface area contributed by atoms with Crippen molar-refractivity contribution in [2.24, 2.45) is 5.92 Å². The lowest BCUT2D eigenvalue weighted by Gasteiger charge is -2.19. The van der Waals surface area contributed by atoms with Crippen molar-refractivity contribution in [2.75, 3.05) is 22.9 Å². The van der Waals surface area contributed by atoms with E-state index in [9.17, 15) is 14.4 Å². The van der Waals surface area contributed by atoms with E-state index in [-0.39, 0.29) is 30.1 Å². The lowest BCUT2D eigenvalue weighted by Crippen LogP contribution is -2.32. The van der Waals surface area contributed by atoms with Gasteiger partial charge in [-0.3, -0.25) is 14.4 Å². The SMILES string of the molecule is CC(=O)N1CCc2cc(N3C[C@H](C(=O)NCc4ccccc4C)CC3=O)ccc21. The second-order valence-electron chi connectivity index (χ2n) is 7.78. The molecule has 3 amide bonds. The van der Waals surface area contributed by atoms with Crippen molar-refractivity contribution >= 4 is 29.1 Å². The zero-order valence-electron chi connectivity index (χ0n) is 16.8. The van der Waals surface area contributed by atoms with Crippen LogP contribution < -0.4 is 15.1 Å². The van der Waals surface area contributed by atoms with Crippen LogP contribution in [0.15, 0.2) is 42.5 Å². The predicted molar refractivity (Wildman–Crippen MR) is 112 cm³/mol. The van der Waals surface area contributed by atoms with E-state index in [0.29, 0.717) is 19.6 Å². The number of hydrogen-bond donors (Lipinski definition) is 1. The third-order valence-electron chi connectivity index (χ3n) is 5.86. The molecule has 0 radical (unpaired) electrons. The van der Waals surface area contributed by atoms with E-state index in [0.717, 1.165) is 34.5 Å². The second kappa shape index (κ2) is 7.70. The number of carbonyl (C=O) groups is 3. The van der Waals surface area contributed by atoms with Crippen LogP contribution in [0.1, 0.15) is 30.0 Å². The molecule has 6 heteroatoms. The zero-order chi connectivity index (χ0) is 20.5. The van der Waals surface area contributed by atoms with Gasteiger partial charge in [0.25, 0.3) is 0 Å². The lowest BCUT2D eigenvalue weighted by atomic mass is 10.1. The third kappa shape index (κ3) is 3.75. The fourth-order valence-electron chi connectivity index (χ4n) is 4.15. The van der Waals surface area contributed by atoms with Crippen molar-refractivity contribution in [3.63, 3.8) is 0 Å². The highest BCUT2D eigenvalue weighted by molar-refractivity contribution is 6.01.